The van der Waals surface area contributed by atoms with Gasteiger partial charge >= 0.3 is 6.03 Å². The number of piperazine rings is 1. The minimum atomic E-state index is -0.0284. The molecule has 21 heavy (non-hydrogen) atoms. The summed E-state index contributed by atoms with van der Waals surface area (Å²) < 4.78 is 5.39. The third kappa shape index (κ3) is 3.90. The van der Waals surface area contributed by atoms with Gasteiger partial charge in [-0.05, 0) is 18.6 Å². The fourth-order valence-electron chi connectivity index (χ4n) is 2.38. The van der Waals surface area contributed by atoms with Crippen molar-refractivity contribution in [1.29, 1.82) is 0 Å². The first-order valence-electron chi connectivity index (χ1n) is 7.34. The van der Waals surface area contributed by atoms with E-state index in [9.17, 15) is 4.79 Å². The standard InChI is InChI=1S/C16H23N3O2/c1-3-4-9-17-16(20)19-12-10-18(11-13-19)14-7-5-6-8-15(14)21-2/h4-9H,3,10-13H2,1-2H3,(H,17,20)/b9-4+. The van der Waals surface area contributed by atoms with Crippen LogP contribution >= 0.6 is 0 Å². The highest BCUT2D eigenvalue weighted by atomic mass is 16.5. The lowest BCUT2D eigenvalue weighted by atomic mass is 10.2. The summed E-state index contributed by atoms with van der Waals surface area (Å²) in [6.45, 7) is 5.08. The number of urea groups is 1. The van der Waals surface area contributed by atoms with Gasteiger partial charge in [-0.2, -0.15) is 0 Å². The van der Waals surface area contributed by atoms with Crippen molar-refractivity contribution in [1.82, 2.24) is 10.2 Å². The minimum Gasteiger partial charge on any atom is -0.495 e. The molecule has 5 heteroatoms. The van der Waals surface area contributed by atoms with Crippen LogP contribution < -0.4 is 15.0 Å². The summed E-state index contributed by atoms with van der Waals surface area (Å²) in [6.07, 6.45) is 4.57. The number of rotatable bonds is 4. The first-order chi connectivity index (χ1) is 10.3. The Labute approximate surface area is 126 Å². The van der Waals surface area contributed by atoms with Gasteiger partial charge < -0.3 is 19.9 Å². The van der Waals surface area contributed by atoms with Gasteiger partial charge in [0, 0.05) is 32.4 Å². The first kappa shape index (κ1) is 15.2. The summed E-state index contributed by atoms with van der Waals surface area (Å²) in [6, 6.07) is 7.96. The molecule has 0 atom stereocenters. The van der Waals surface area contributed by atoms with Gasteiger partial charge in [-0.1, -0.05) is 25.1 Å². The zero-order valence-corrected chi connectivity index (χ0v) is 12.7. The van der Waals surface area contributed by atoms with Gasteiger partial charge in [0.15, 0.2) is 0 Å². The van der Waals surface area contributed by atoms with E-state index < -0.39 is 0 Å². The van der Waals surface area contributed by atoms with Crippen LogP contribution in [-0.4, -0.2) is 44.2 Å². The summed E-state index contributed by atoms with van der Waals surface area (Å²) >= 11 is 0. The molecule has 0 radical (unpaired) electrons. The molecule has 1 saturated heterocycles. The van der Waals surface area contributed by atoms with Gasteiger partial charge in [0.1, 0.15) is 5.75 Å². The number of allylic oxidation sites excluding steroid dienone is 1. The second-order valence-electron chi connectivity index (χ2n) is 4.91. The lowest BCUT2D eigenvalue weighted by molar-refractivity contribution is 0.198. The SMILES string of the molecule is CC/C=C/NC(=O)N1CCN(c2ccccc2OC)CC1. The summed E-state index contributed by atoms with van der Waals surface area (Å²) in [5, 5.41) is 2.79. The average molecular weight is 289 g/mol. The second-order valence-corrected chi connectivity index (χ2v) is 4.91. The summed E-state index contributed by atoms with van der Waals surface area (Å²) in [5.74, 6) is 0.876. The number of hydrogen-bond acceptors (Lipinski definition) is 3. The number of carbonyl (C=O) groups excluding carboxylic acids is 1. The number of methoxy groups -OCH3 is 1. The van der Waals surface area contributed by atoms with Crippen LogP contribution in [-0.2, 0) is 0 Å². The third-order valence-electron chi connectivity index (χ3n) is 3.55. The predicted molar refractivity (Wildman–Crippen MR) is 84.7 cm³/mol. The van der Waals surface area contributed by atoms with Crippen molar-refractivity contribution in [2.75, 3.05) is 38.2 Å². The van der Waals surface area contributed by atoms with E-state index in [2.05, 4.69) is 16.3 Å². The summed E-state index contributed by atoms with van der Waals surface area (Å²) in [5.41, 5.74) is 1.09. The highest BCUT2D eigenvalue weighted by Crippen LogP contribution is 2.28. The Morgan fingerprint density at radius 3 is 2.67 bits per heavy atom. The van der Waals surface area contributed by atoms with Gasteiger partial charge in [-0.15, -0.1) is 0 Å². The van der Waals surface area contributed by atoms with Crippen LogP contribution in [0.4, 0.5) is 10.5 Å². The molecule has 2 rings (SSSR count). The van der Waals surface area contributed by atoms with Crippen LogP contribution in [0.3, 0.4) is 0 Å². The molecule has 1 aliphatic heterocycles. The van der Waals surface area contributed by atoms with Crippen LogP contribution in [0.1, 0.15) is 13.3 Å². The molecule has 0 aromatic heterocycles. The van der Waals surface area contributed by atoms with E-state index in [-0.39, 0.29) is 6.03 Å². The molecular weight excluding hydrogens is 266 g/mol. The number of nitrogens with zero attached hydrogens (tertiary/aromatic N) is 2. The van der Waals surface area contributed by atoms with Crippen LogP contribution in [0.15, 0.2) is 36.5 Å². The summed E-state index contributed by atoms with van der Waals surface area (Å²) in [4.78, 5) is 16.1. The largest absolute Gasteiger partial charge is 0.495 e. The lowest BCUT2D eigenvalue weighted by Crippen LogP contribution is -2.51. The van der Waals surface area contributed by atoms with Crippen molar-refractivity contribution in [3.05, 3.63) is 36.5 Å². The van der Waals surface area contributed by atoms with Gasteiger partial charge in [0.2, 0.25) is 0 Å². The molecule has 5 nitrogen and oxygen atoms in total. The fourth-order valence-corrected chi connectivity index (χ4v) is 2.38. The molecule has 1 aromatic rings. The van der Waals surface area contributed by atoms with Crippen LogP contribution in [0.25, 0.3) is 0 Å². The third-order valence-corrected chi connectivity index (χ3v) is 3.55. The van der Waals surface area contributed by atoms with Crippen molar-refractivity contribution < 1.29 is 9.53 Å². The fraction of sp³-hybridized carbons (Fsp3) is 0.438. The van der Waals surface area contributed by atoms with E-state index in [4.69, 9.17) is 4.74 Å². The number of para-hydroxylation sites is 2. The van der Waals surface area contributed by atoms with Crippen LogP contribution in [0, 0.1) is 0 Å². The van der Waals surface area contributed by atoms with Crippen molar-refractivity contribution in [2.24, 2.45) is 0 Å². The number of hydrogen-bond donors (Lipinski definition) is 1. The molecule has 1 aliphatic rings. The predicted octanol–water partition coefficient (Wildman–Crippen LogP) is 2.45. The second kappa shape index (κ2) is 7.57. The van der Waals surface area contributed by atoms with Gasteiger partial charge in [-0.25, -0.2) is 4.79 Å². The molecule has 0 aliphatic carbocycles. The van der Waals surface area contributed by atoms with Crippen molar-refractivity contribution >= 4 is 11.7 Å². The maximum atomic E-state index is 12.0. The Bertz CT molecular complexity index is 494. The number of ether oxygens (including phenoxy) is 1. The Morgan fingerprint density at radius 2 is 2.00 bits per heavy atom. The Kier molecular flexibility index (Phi) is 5.49. The Morgan fingerprint density at radius 1 is 1.29 bits per heavy atom. The Hall–Kier alpha value is -2.17. The highest BCUT2D eigenvalue weighted by Gasteiger charge is 2.22. The molecule has 0 bridgehead atoms. The van der Waals surface area contributed by atoms with Gasteiger partial charge in [0.05, 0.1) is 12.8 Å². The molecule has 1 aromatic carbocycles. The van der Waals surface area contributed by atoms with Crippen LogP contribution in [0.5, 0.6) is 5.75 Å². The number of nitrogens with one attached hydrogen (secondary N) is 1. The zero-order valence-electron chi connectivity index (χ0n) is 12.7. The van der Waals surface area contributed by atoms with Crippen molar-refractivity contribution in [3.8, 4) is 5.75 Å². The topological polar surface area (TPSA) is 44.8 Å². The molecule has 1 N–H and O–H groups in total. The number of carbonyl (C=O) groups is 1. The van der Waals surface area contributed by atoms with E-state index >= 15 is 0 Å². The van der Waals surface area contributed by atoms with E-state index in [1.54, 1.807) is 13.3 Å². The maximum Gasteiger partial charge on any atom is 0.321 e. The zero-order chi connectivity index (χ0) is 15.1. The van der Waals surface area contributed by atoms with E-state index in [1.807, 2.05) is 36.1 Å². The lowest BCUT2D eigenvalue weighted by Gasteiger charge is -2.36. The molecule has 2 amide bonds. The quantitative estimate of drug-likeness (QED) is 0.926. The molecule has 0 unspecified atom stereocenters. The van der Waals surface area contributed by atoms with Crippen molar-refractivity contribution in [3.63, 3.8) is 0 Å². The number of benzene rings is 1. The van der Waals surface area contributed by atoms with Gasteiger partial charge in [-0.3, -0.25) is 0 Å². The number of amides is 2. The maximum absolute atomic E-state index is 12.0. The van der Waals surface area contributed by atoms with Gasteiger partial charge in [0.25, 0.3) is 0 Å². The normalized spacial score (nSPS) is 15.3. The van der Waals surface area contributed by atoms with Crippen LogP contribution in [0.2, 0.25) is 0 Å². The molecule has 0 spiro atoms. The first-order valence-corrected chi connectivity index (χ1v) is 7.34. The molecule has 114 valence electrons. The average Bonchev–Trinajstić information content (AvgIpc) is 2.55. The smallest absolute Gasteiger partial charge is 0.321 e. The molecule has 1 fully saturated rings. The molecular formula is C16H23N3O2. The van der Waals surface area contributed by atoms with E-state index in [1.165, 1.54) is 0 Å². The highest BCUT2D eigenvalue weighted by molar-refractivity contribution is 5.75. The monoisotopic (exact) mass is 289 g/mol. The molecule has 1 heterocycles. The molecule has 0 saturated carbocycles. The number of anilines is 1. The minimum absolute atomic E-state index is 0.0284. The Balaban J connectivity index is 1.91. The van der Waals surface area contributed by atoms with Crippen molar-refractivity contribution in [2.45, 2.75) is 13.3 Å². The summed E-state index contributed by atoms with van der Waals surface area (Å²) in [7, 11) is 1.68. The van der Waals surface area contributed by atoms with E-state index in [0.717, 1.165) is 30.9 Å². The van der Waals surface area contributed by atoms with E-state index in [0.29, 0.717) is 13.1 Å².